The molecule has 0 atom stereocenters. The van der Waals surface area contributed by atoms with Gasteiger partial charge in [0.15, 0.2) is 0 Å². The van der Waals surface area contributed by atoms with Crippen molar-refractivity contribution in [2.75, 3.05) is 11.5 Å². The summed E-state index contributed by atoms with van der Waals surface area (Å²) < 4.78 is 13.2. The summed E-state index contributed by atoms with van der Waals surface area (Å²) >= 11 is 5.95. The van der Waals surface area contributed by atoms with Gasteiger partial charge in [0.05, 0.1) is 10.7 Å². The summed E-state index contributed by atoms with van der Waals surface area (Å²) in [5.41, 5.74) is 1.92. The third-order valence-electron chi connectivity index (χ3n) is 3.42. The van der Waals surface area contributed by atoms with Crippen LogP contribution in [0.4, 0.5) is 0 Å². The van der Waals surface area contributed by atoms with Crippen molar-refractivity contribution in [1.29, 1.82) is 0 Å². The SMILES string of the molecule is O=S1CCC(NCc2cn3cc(Cl)ccc3n2)CC1. The first-order valence-corrected chi connectivity index (χ1v) is 8.29. The Morgan fingerprint density at radius 2 is 2.16 bits per heavy atom. The number of imidazole rings is 1. The van der Waals surface area contributed by atoms with E-state index in [1.54, 1.807) is 0 Å². The van der Waals surface area contributed by atoms with Crippen LogP contribution in [0.25, 0.3) is 5.65 Å². The molecule has 1 aliphatic rings. The number of hydrogen-bond donors (Lipinski definition) is 1. The molecule has 4 nitrogen and oxygen atoms in total. The monoisotopic (exact) mass is 297 g/mol. The largest absolute Gasteiger partial charge is 0.308 e. The van der Waals surface area contributed by atoms with Crippen LogP contribution in [-0.2, 0) is 17.3 Å². The summed E-state index contributed by atoms with van der Waals surface area (Å²) in [5, 5.41) is 4.20. The maximum Gasteiger partial charge on any atom is 0.137 e. The van der Waals surface area contributed by atoms with Gasteiger partial charge in [-0.1, -0.05) is 11.6 Å². The molecule has 19 heavy (non-hydrogen) atoms. The van der Waals surface area contributed by atoms with E-state index in [2.05, 4.69) is 10.3 Å². The van der Waals surface area contributed by atoms with Crippen molar-refractivity contribution in [3.8, 4) is 0 Å². The van der Waals surface area contributed by atoms with Crippen LogP contribution in [0.15, 0.2) is 24.5 Å². The van der Waals surface area contributed by atoms with Gasteiger partial charge >= 0.3 is 0 Å². The predicted molar refractivity (Wildman–Crippen MR) is 77.9 cm³/mol. The van der Waals surface area contributed by atoms with Crippen molar-refractivity contribution in [2.24, 2.45) is 0 Å². The fourth-order valence-electron chi connectivity index (χ4n) is 2.35. The van der Waals surface area contributed by atoms with E-state index < -0.39 is 10.8 Å². The fourth-order valence-corrected chi connectivity index (χ4v) is 3.82. The highest BCUT2D eigenvalue weighted by Crippen LogP contribution is 2.13. The van der Waals surface area contributed by atoms with E-state index in [9.17, 15) is 4.21 Å². The van der Waals surface area contributed by atoms with Gasteiger partial charge in [0.25, 0.3) is 0 Å². The Morgan fingerprint density at radius 3 is 2.95 bits per heavy atom. The van der Waals surface area contributed by atoms with E-state index in [1.807, 2.05) is 28.9 Å². The van der Waals surface area contributed by atoms with Crippen LogP contribution >= 0.6 is 11.6 Å². The highest BCUT2D eigenvalue weighted by atomic mass is 35.5. The smallest absolute Gasteiger partial charge is 0.137 e. The topological polar surface area (TPSA) is 46.4 Å². The molecule has 0 aliphatic carbocycles. The van der Waals surface area contributed by atoms with Crippen LogP contribution in [0.1, 0.15) is 18.5 Å². The highest BCUT2D eigenvalue weighted by molar-refractivity contribution is 7.85. The molecule has 102 valence electrons. The van der Waals surface area contributed by atoms with Crippen LogP contribution < -0.4 is 5.32 Å². The predicted octanol–water partition coefficient (Wildman–Crippen LogP) is 1.99. The summed E-state index contributed by atoms with van der Waals surface area (Å²) in [4.78, 5) is 4.54. The first kappa shape index (κ1) is 13.1. The zero-order chi connectivity index (χ0) is 13.2. The van der Waals surface area contributed by atoms with Gasteiger partial charge in [-0.2, -0.15) is 0 Å². The second-order valence-corrected chi connectivity index (χ2v) is 6.98. The minimum atomic E-state index is -0.598. The molecular formula is C13H16ClN3OS. The Kier molecular flexibility index (Phi) is 3.86. The average molecular weight is 298 g/mol. The lowest BCUT2D eigenvalue weighted by atomic mass is 10.1. The summed E-state index contributed by atoms with van der Waals surface area (Å²) in [6.07, 6.45) is 5.84. The lowest BCUT2D eigenvalue weighted by Crippen LogP contribution is -2.35. The molecule has 0 amide bonds. The number of pyridine rings is 1. The van der Waals surface area contributed by atoms with Gasteiger partial charge in [-0.3, -0.25) is 4.21 Å². The number of rotatable bonds is 3. The first-order chi connectivity index (χ1) is 9.20. The minimum absolute atomic E-state index is 0.464. The number of fused-ring (bicyclic) bond motifs is 1. The molecule has 3 rings (SSSR count). The van der Waals surface area contributed by atoms with Crippen LogP contribution in [-0.4, -0.2) is 31.1 Å². The second-order valence-electron chi connectivity index (χ2n) is 4.85. The number of nitrogens with zero attached hydrogens (tertiary/aromatic N) is 2. The zero-order valence-electron chi connectivity index (χ0n) is 10.5. The van der Waals surface area contributed by atoms with Crippen molar-refractivity contribution < 1.29 is 4.21 Å². The average Bonchev–Trinajstić information content (AvgIpc) is 2.80. The quantitative estimate of drug-likeness (QED) is 0.942. The maximum absolute atomic E-state index is 11.3. The molecule has 3 heterocycles. The van der Waals surface area contributed by atoms with Crippen molar-refractivity contribution >= 4 is 28.0 Å². The maximum atomic E-state index is 11.3. The van der Waals surface area contributed by atoms with E-state index in [1.165, 1.54) is 0 Å². The van der Waals surface area contributed by atoms with E-state index >= 15 is 0 Å². The molecular weight excluding hydrogens is 282 g/mol. The molecule has 6 heteroatoms. The third kappa shape index (κ3) is 3.16. The van der Waals surface area contributed by atoms with Crippen LogP contribution in [0.5, 0.6) is 0 Å². The van der Waals surface area contributed by atoms with E-state index in [-0.39, 0.29) is 0 Å². The Morgan fingerprint density at radius 1 is 1.37 bits per heavy atom. The van der Waals surface area contributed by atoms with Crippen molar-refractivity contribution in [3.05, 3.63) is 35.2 Å². The van der Waals surface area contributed by atoms with Crippen LogP contribution in [0.2, 0.25) is 5.02 Å². The van der Waals surface area contributed by atoms with Crippen LogP contribution in [0, 0.1) is 0 Å². The van der Waals surface area contributed by atoms with E-state index in [4.69, 9.17) is 11.6 Å². The molecule has 1 aliphatic heterocycles. The van der Waals surface area contributed by atoms with Crippen LogP contribution in [0.3, 0.4) is 0 Å². The Bertz CT molecular complexity index is 603. The lowest BCUT2D eigenvalue weighted by Gasteiger charge is -2.22. The van der Waals surface area contributed by atoms with Gasteiger partial charge in [0, 0.05) is 47.3 Å². The molecule has 0 spiro atoms. The number of halogens is 1. The number of nitrogens with one attached hydrogen (secondary N) is 1. The minimum Gasteiger partial charge on any atom is -0.308 e. The van der Waals surface area contributed by atoms with Crippen molar-refractivity contribution in [2.45, 2.75) is 25.4 Å². The molecule has 2 aromatic rings. The van der Waals surface area contributed by atoms with Gasteiger partial charge in [-0.05, 0) is 25.0 Å². The summed E-state index contributed by atoms with van der Waals surface area (Å²) in [6, 6.07) is 4.22. The van der Waals surface area contributed by atoms with Crippen molar-refractivity contribution in [3.63, 3.8) is 0 Å². The molecule has 0 bridgehead atoms. The standard InChI is InChI=1S/C13H16ClN3OS/c14-10-1-2-13-16-12(9-17(13)8-10)7-15-11-3-5-19(18)6-4-11/h1-2,8-9,11,15H,3-7H2. The molecule has 0 saturated carbocycles. The summed E-state index contributed by atoms with van der Waals surface area (Å²) in [6.45, 7) is 0.747. The molecule has 1 fully saturated rings. The molecule has 0 aromatic carbocycles. The third-order valence-corrected chi connectivity index (χ3v) is 5.03. The first-order valence-electron chi connectivity index (χ1n) is 6.42. The van der Waals surface area contributed by atoms with Gasteiger partial charge in [0.2, 0.25) is 0 Å². The van der Waals surface area contributed by atoms with Gasteiger partial charge in [-0.25, -0.2) is 4.98 Å². The van der Waals surface area contributed by atoms with E-state index in [0.29, 0.717) is 11.1 Å². The molecule has 1 saturated heterocycles. The fraction of sp³-hybridized carbons (Fsp3) is 0.462. The number of aromatic nitrogens is 2. The Hall–Kier alpha value is -0.910. The normalized spacial score (nSPS) is 23.8. The lowest BCUT2D eigenvalue weighted by molar-refractivity contribution is 0.472. The highest BCUT2D eigenvalue weighted by Gasteiger charge is 2.17. The molecule has 0 radical (unpaired) electrons. The molecule has 1 N–H and O–H groups in total. The summed E-state index contributed by atoms with van der Waals surface area (Å²) in [7, 11) is -0.598. The van der Waals surface area contributed by atoms with Gasteiger partial charge < -0.3 is 9.72 Å². The van der Waals surface area contributed by atoms with Gasteiger partial charge in [-0.15, -0.1) is 0 Å². The van der Waals surface area contributed by atoms with Crippen molar-refractivity contribution in [1.82, 2.24) is 14.7 Å². The van der Waals surface area contributed by atoms with Gasteiger partial charge in [0.1, 0.15) is 5.65 Å². The Labute approximate surface area is 119 Å². The Balaban J connectivity index is 1.63. The molecule has 2 aromatic heterocycles. The summed E-state index contributed by atoms with van der Waals surface area (Å²) in [5.74, 6) is 1.64. The van der Waals surface area contributed by atoms with E-state index in [0.717, 1.165) is 42.2 Å². The second kappa shape index (κ2) is 5.61. The number of hydrogen-bond acceptors (Lipinski definition) is 3. The zero-order valence-corrected chi connectivity index (χ0v) is 12.1. The molecule has 0 unspecified atom stereocenters.